The molecule has 0 radical (unpaired) electrons. The Labute approximate surface area is 103 Å². The minimum Gasteiger partial charge on any atom is -0.465 e. The lowest BCUT2D eigenvalue weighted by atomic mass is 10.1. The predicted molar refractivity (Wildman–Crippen MR) is 62.0 cm³/mol. The molecule has 0 fully saturated rings. The van der Waals surface area contributed by atoms with Gasteiger partial charge in [0.2, 0.25) is 0 Å². The fourth-order valence-corrected chi connectivity index (χ4v) is 1.22. The van der Waals surface area contributed by atoms with Gasteiger partial charge in [0.15, 0.2) is 0 Å². The lowest BCUT2D eigenvalue weighted by molar-refractivity contribution is -0.384. The van der Waals surface area contributed by atoms with Crippen LogP contribution >= 0.6 is 0 Å². The number of carbonyl (C=O) groups excluding carboxylic acids is 2. The number of carbonyl (C=O) groups is 2. The Bertz CT molecular complexity index is 553. The van der Waals surface area contributed by atoms with Crippen LogP contribution in [0.15, 0.2) is 18.2 Å². The number of hydrogen-bond acceptors (Lipinski definition) is 5. The molecule has 0 unspecified atom stereocenters. The predicted octanol–water partition coefficient (Wildman–Crippen LogP) is 1.32. The fraction of sp³-hybridized carbons (Fsp3) is 0.167. The van der Waals surface area contributed by atoms with Crippen LogP contribution in [0.3, 0.4) is 0 Å². The molecule has 6 nitrogen and oxygen atoms in total. The van der Waals surface area contributed by atoms with Gasteiger partial charge in [0.1, 0.15) is 6.29 Å². The summed E-state index contributed by atoms with van der Waals surface area (Å²) in [5.74, 6) is 4.40. The highest BCUT2D eigenvalue weighted by Crippen LogP contribution is 2.18. The van der Waals surface area contributed by atoms with E-state index in [4.69, 9.17) is 0 Å². The summed E-state index contributed by atoms with van der Waals surface area (Å²) < 4.78 is 4.52. The minimum absolute atomic E-state index is 0.00472. The number of benzene rings is 1. The van der Waals surface area contributed by atoms with Gasteiger partial charge in [-0.1, -0.05) is 11.8 Å². The molecular formula is C12H9NO5. The Morgan fingerprint density at radius 3 is 2.83 bits per heavy atom. The normalized spacial score (nSPS) is 8.94. The number of non-ortho nitro benzene ring substituents is 1. The van der Waals surface area contributed by atoms with E-state index in [2.05, 4.69) is 16.6 Å². The van der Waals surface area contributed by atoms with Gasteiger partial charge < -0.3 is 9.53 Å². The standard InChI is InChI=1S/C12H9NO5/c1-18-12(15)11-8-10(13(16)17)6-5-9(11)4-2-3-7-14/h5-8H,3H2,1H3. The molecule has 92 valence electrons. The lowest BCUT2D eigenvalue weighted by Crippen LogP contribution is -2.05. The third-order valence-electron chi connectivity index (χ3n) is 2.03. The molecule has 0 aliphatic carbocycles. The monoisotopic (exact) mass is 247 g/mol. The van der Waals surface area contributed by atoms with Gasteiger partial charge in [-0.3, -0.25) is 10.1 Å². The molecule has 0 bridgehead atoms. The van der Waals surface area contributed by atoms with Gasteiger partial charge >= 0.3 is 5.97 Å². The largest absolute Gasteiger partial charge is 0.465 e. The molecule has 1 aromatic carbocycles. The minimum atomic E-state index is -0.714. The summed E-state index contributed by atoms with van der Waals surface area (Å²) >= 11 is 0. The van der Waals surface area contributed by atoms with Crippen LogP contribution in [0.25, 0.3) is 0 Å². The summed E-state index contributed by atoms with van der Waals surface area (Å²) in [5.41, 5.74) is 0.0655. The topological polar surface area (TPSA) is 86.5 Å². The molecule has 0 aliphatic heterocycles. The van der Waals surface area contributed by atoms with Crippen molar-refractivity contribution < 1.29 is 19.2 Å². The Morgan fingerprint density at radius 2 is 2.28 bits per heavy atom. The summed E-state index contributed by atoms with van der Waals surface area (Å²) in [6, 6.07) is 3.68. The highest BCUT2D eigenvalue weighted by atomic mass is 16.6. The first-order chi connectivity index (χ1) is 8.60. The second kappa shape index (κ2) is 6.15. The first-order valence-corrected chi connectivity index (χ1v) is 4.89. The van der Waals surface area contributed by atoms with Gasteiger partial charge in [-0.15, -0.1) is 0 Å². The van der Waals surface area contributed by atoms with Gasteiger partial charge in [0.25, 0.3) is 5.69 Å². The Hall–Kier alpha value is -2.68. The zero-order valence-electron chi connectivity index (χ0n) is 9.50. The molecule has 0 spiro atoms. The zero-order chi connectivity index (χ0) is 13.5. The number of rotatable bonds is 3. The van der Waals surface area contributed by atoms with Crippen LogP contribution in [0, 0.1) is 22.0 Å². The van der Waals surface area contributed by atoms with Crippen molar-refractivity contribution in [2.75, 3.05) is 7.11 Å². The summed E-state index contributed by atoms with van der Waals surface area (Å²) in [6.07, 6.45) is 0.647. The lowest BCUT2D eigenvalue weighted by Gasteiger charge is -2.02. The fourth-order valence-electron chi connectivity index (χ4n) is 1.22. The van der Waals surface area contributed by atoms with Gasteiger partial charge in [-0.25, -0.2) is 4.79 Å². The molecule has 18 heavy (non-hydrogen) atoms. The number of nitro benzene ring substituents is 1. The number of aldehydes is 1. The van der Waals surface area contributed by atoms with Crippen molar-refractivity contribution >= 4 is 17.9 Å². The Morgan fingerprint density at radius 1 is 1.56 bits per heavy atom. The van der Waals surface area contributed by atoms with Gasteiger partial charge in [0.05, 0.1) is 24.0 Å². The van der Waals surface area contributed by atoms with E-state index in [1.165, 1.54) is 19.2 Å². The van der Waals surface area contributed by atoms with Gasteiger partial charge in [0, 0.05) is 17.7 Å². The van der Waals surface area contributed by atoms with E-state index in [0.717, 1.165) is 6.07 Å². The van der Waals surface area contributed by atoms with Crippen molar-refractivity contribution in [2.45, 2.75) is 6.42 Å². The van der Waals surface area contributed by atoms with Crippen molar-refractivity contribution in [2.24, 2.45) is 0 Å². The molecule has 1 aromatic rings. The van der Waals surface area contributed by atoms with Crippen LogP contribution in [0.4, 0.5) is 5.69 Å². The summed E-state index contributed by atoms with van der Waals surface area (Å²) in [5, 5.41) is 10.6. The van der Waals surface area contributed by atoms with Crippen molar-refractivity contribution in [1.29, 1.82) is 0 Å². The number of nitro groups is 1. The Kier molecular flexibility index (Phi) is 4.58. The van der Waals surface area contributed by atoms with E-state index in [9.17, 15) is 19.7 Å². The van der Waals surface area contributed by atoms with E-state index >= 15 is 0 Å². The highest BCUT2D eigenvalue weighted by molar-refractivity contribution is 5.93. The molecule has 0 heterocycles. The van der Waals surface area contributed by atoms with Crippen LogP contribution in [-0.4, -0.2) is 24.3 Å². The number of hydrogen-bond donors (Lipinski definition) is 0. The third kappa shape index (κ3) is 3.15. The molecule has 0 saturated heterocycles. The molecule has 0 N–H and O–H groups in total. The van der Waals surface area contributed by atoms with E-state index in [1.54, 1.807) is 0 Å². The average molecular weight is 247 g/mol. The van der Waals surface area contributed by atoms with E-state index in [0.29, 0.717) is 6.29 Å². The molecular weight excluding hydrogens is 238 g/mol. The third-order valence-corrected chi connectivity index (χ3v) is 2.03. The first kappa shape index (κ1) is 13.4. The number of esters is 1. The maximum Gasteiger partial charge on any atom is 0.339 e. The maximum absolute atomic E-state index is 11.5. The van der Waals surface area contributed by atoms with Crippen molar-refractivity contribution in [1.82, 2.24) is 0 Å². The molecule has 0 amide bonds. The van der Waals surface area contributed by atoms with Crippen molar-refractivity contribution in [3.63, 3.8) is 0 Å². The molecule has 0 aromatic heterocycles. The molecule has 0 saturated carbocycles. The van der Waals surface area contributed by atoms with Crippen molar-refractivity contribution in [3.05, 3.63) is 39.4 Å². The summed E-state index contributed by atoms with van der Waals surface area (Å²) in [6.45, 7) is 0. The first-order valence-electron chi connectivity index (χ1n) is 4.89. The molecule has 1 rings (SSSR count). The van der Waals surface area contributed by atoms with Gasteiger partial charge in [-0.2, -0.15) is 0 Å². The number of methoxy groups -OCH3 is 1. The number of ether oxygens (including phenoxy) is 1. The van der Waals surface area contributed by atoms with Crippen LogP contribution in [-0.2, 0) is 9.53 Å². The van der Waals surface area contributed by atoms with Crippen LogP contribution in [0.1, 0.15) is 22.3 Å². The molecule has 0 atom stereocenters. The SMILES string of the molecule is COC(=O)c1cc([N+](=O)[O-])ccc1C#CCC=O. The zero-order valence-corrected chi connectivity index (χ0v) is 9.50. The quantitative estimate of drug-likeness (QED) is 0.264. The second-order valence-corrected chi connectivity index (χ2v) is 3.15. The van der Waals surface area contributed by atoms with E-state index in [-0.39, 0.29) is 23.2 Å². The smallest absolute Gasteiger partial charge is 0.339 e. The Balaban J connectivity index is 3.26. The summed E-state index contributed by atoms with van der Waals surface area (Å²) in [7, 11) is 1.17. The van der Waals surface area contributed by atoms with Crippen LogP contribution in [0.5, 0.6) is 0 Å². The second-order valence-electron chi connectivity index (χ2n) is 3.15. The molecule has 6 heteroatoms. The van der Waals surface area contributed by atoms with Gasteiger partial charge in [-0.05, 0) is 6.07 Å². The highest BCUT2D eigenvalue weighted by Gasteiger charge is 2.16. The molecule has 0 aliphatic rings. The van der Waals surface area contributed by atoms with Crippen LogP contribution in [0.2, 0.25) is 0 Å². The maximum atomic E-state index is 11.5. The average Bonchev–Trinajstić information content (AvgIpc) is 2.38. The van der Waals surface area contributed by atoms with E-state index < -0.39 is 10.9 Å². The van der Waals surface area contributed by atoms with Crippen molar-refractivity contribution in [3.8, 4) is 11.8 Å². The summed E-state index contributed by atoms with van der Waals surface area (Å²) in [4.78, 5) is 31.6. The number of nitrogens with zero attached hydrogens (tertiary/aromatic N) is 1. The van der Waals surface area contributed by atoms with E-state index in [1.807, 2.05) is 0 Å². The van der Waals surface area contributed by atoms with Crippen LogP contribution < -0.4 is 0 Å².